The van der Waals surface area contributed by atoms with Gasteiger partial charge in [-0.2, -0.15) is 4.31 Å². The third kappa shape index (κ3) is 3.15. The molecule has 3 fully saturated rings. The molecule has 26 heavy (non-hydrogen) atoms. The molecule has 2 saturated heterocycles. The van der Waals surface area contributed by atoms with Crippen LogP contribution in [0.5, 0.6) is 0 Å². The SMILES string of the molecule is C[C@H]1NC2(CCN(S(=O)(=O)c3ccc(Cl)cc3)CC2)N(CC2CC2)C1=O. The van der Waals surface area contributed by atoms with E-state index < -0.39 is 15.7 Å². The Labute approximate surface area is 159 Å². The molecule has 1 aliphatic carbocycles. The minimum atomic E-state index is -3.54. The van der Waals surface area contributed by atoms with Crippen molar-refractivity contribution in [1.29, 1.82) is 0 Å². The summed E-state index contributed by atoms with van der Waals surface area (Å²) in [7, 11) is -3.54. The van der Waals surface area contributed by atoms with E-state index >= 15 is 0 Å². The minimum Gasteiger partial charge on any atom is -0.323 e. The third-order valence-corrected chi connectivity index (χ3v) is 7.94. The normalized spacial score (nSPS) is 26.6. The number of carbonyl (C=O) groups is 1. The second-order valence-corrected chi connectivity index (χ2v) is 10.0. The van der Waals surface area contributed by atoms with Crippen molar-refractivity contribution < 1.29 is 13.2 Å². The van der Waals surface area contributed by atoms with Gasteiger partial charge in [-0.25, -0.2) is 8.42 Å². The van der Waals surface area contributed by atoms with Crippen LogP contribution in [0.4, 0.5) is 0 Å². The first-order valence-electron chi connectivity index (χ1n) is 9.17. The molecule has 1 atom stereocenters. The maximum Gasteiger partial charge on any atom is 0.243 e. The van der Waals surface area contributed by atoms with E-state index in [0.29, 0.717) is 36.9 Å². The van der Waals surface area contributed by atoms with Crippen molar-refractivity contribution in [1.82, 2.24) is 14.5 Å². The summed E-state index contributed by atoms with van der Waals surface area (Å²) in [6.07, 6.45) is 3.60. The van der Waals surface area contributed by atoms with Gasteiger partial charge in [-0.1, -0.05) is 11.6 Å². The van der Waals surface area contributed by atoms with Crippen molar-refractivity contribution >= 4 is 27.5 Å². The molecule has 2 heterocycles. The van der Waals surface area contributed by atoms with E-state index in [1.807, 2.05) is 11.8 Å². The standard InChI is InChI=1S/C18H24ClN3O3S/c1-13-17(23)22(12-14-2-3-14)18(20-13)8-10-21(11-9-18)26(24,25)16-6-4-15(19)5-7-16/h4-7,13-14,20H,2-3,8-12H2,1H3/t13-/m1/s1. The van der Waals surface area contributed by atoms with Gasteiger partial charge in [0.05, 0.1) is 16.6 Å². The minimum absolute atomic E-state index is 0.144. The largest absolute Gasteiger partial charge is 0.323 e. The average Bonchev–Trinajstić information content (AvgIpc) is 3.40. The van der Waals surface area contributed by atoms with Gasteiger partial charge in [-0.15, -0.1) is 0 Å². The third-order valence-electron chi connectivity index (χ3n) is 5.78. The zero-order chi connectivity index (χ0) is 18.5. The molecule has 1 aromatic rings. The topological polar surface area (TPSA) is 69.7 Å². The van der Waals surface area contributed by atoms with Gasteiger partial charge in [0, 0.05) is 24.7 Å². The molecule has 1 spiro atoms. The Bertz CT molecular complexity index is 799. The van der Waals surface area contributed by atoms with E-state index in [1.54, 1.807) is 24.3 Å². The molecule has 0 radical (unpaired) electrons. The zero-order valence-corrected chi connectivity index (χ0v) is 16.4. The maximum atomic E-state index is 12.9. The van der Waals surface area contributed by atoms with Crippen molar-refractivity contribution in [2.75, 3.05) is 19.6 Å². The van der Waals surface area contributed by atoms with E-state index in [2.05, 4.69) is 5.32 Å². The van der Waals surface area contributed by atoms with Crippen LogP contribution in [-0.4, -0.2) is 54.9 Å². The van der Waals surface area contributed by atoms with Crippen molar-refractivity contribution in [3.63, 3.8) is 0 Å². The molecule has 2 aliphatic heterocycles. The highest BCUT2D eigenvalue weighted by Crippen LogP contribution is 2.38. The van der Waals surface area contributed by atoms with Gasteiger partial charge in [-0.05, 0) is 62.8 Å². The molecule has 8 heteroatoms. The summed E-state index contributed by atoms with van der Waals surface area (Å²) in [5, 5.41) is 3.97. The average molecular weight is 398 g/mol. The fraction of sp³-hybridized carbons (Fsp3) is 0.611. The van der Waals surface area contributed by atoms with Crippen LogP contribution in [0.15, 0.2) is 29.2 Å². The van der Waals surface area contributed by atoms with E-state index in [0.717, 1.165) is 6.54 Å². The molecule has 142 valence electrons. The first kappa shape index (κ1) is 18.2. The summed E-state index contributed by atoms with van der Waals surface area (Å²) in [6, 6.07) is 6.07. The van der Waals surface area contributed by atoms with Crippen LogP contribution < -0.4 is 5.32 Å². The quantitative estimate of drug-likeness (QED) is 0.844. The predicted octanol–water partition coefficient (Wildman–Crippen LogP) is 2.05. The molecule has 1 amide bonds. The number of amides is 1. The lowest BCUT2D eigenvalue weighted by atomic mass is 9.97. The van der Waals surface area contributed by atoms with E-state index in [4.69, 9.17) is 11.6 Å². The number of benzene rings is 1. The van der Waals surface area contributed by atoms with Gasteiger partial charge in [0.25, 0.3) is 0 Å². The number of carbonyl (C=O) groups excluding carboxylic acids is 1. The molecule has 4 rings (SSSR count). The molecule has 0 unspecified atom stereocenters. The number of halogens is 1. The Balaban J connectivity index is 1.51. The van der Waals surface area contributed by atoms with Crippen LogP contribution >= 0.6 is 11.6 Å². The van der Waals surface area contributed by atoms with Crippen LogP contribution in [0.1, 0.15) is 32.6 Å². The second-order valence-electron chi connectivity index (χ2n) is 7.65. The van der Waals surface area contributed by atoms with Crippen LogP contribution in [0.25, 0.3) is 0 Å². The smallest absolute Gasteiger partial charge is 0.243 e. The van der Waals surface area contributed by atoms with Crippen LogP contribution in [-0.2, 0) is 14.8 Å². The molecule has 0 aromatic heterocycles. The molecule has 1 saturated carbocycles. The Kier molecular flexibility index (Phi) is 4.54. The van der Waals surface area contributed by atoms with Crippen LogP contribution in [0.3, 0.4) is 0 Å². The molecule has 3 aliphatic rings. The lowest BCUT2D eigenvalue weighted by Gasteiger charge is -2.44. The van der Waals surface area contributed by atoms with E-state index in [-0.39, 0.29) is 16.8 Å². The summed E-state index contributed by atoms with van der Waals surface area (Å²) in [4.78, 5) is 14.8. The van der Waals surface area contributed by atoms with Gasteiger partial charge in [0.2, 0.25) is 15.9 Å². The monoisotopic (exact) mass is 397 g/mol. The summed E-state index contributed by atoms with van der Waals surface area (Å²) < 4.78 is 27.3. The van der Waals surface area contributed by atoms with Gasteiger partial charge >= 0.3 is 0 Å². The van der Waals surface area contributed by atoms with Crippen LogP contribution in [0.2, 0.25) is 5.02 Å². The molecule has 1 N–H and O–H groups in total. The summed E-state index contributed by atoms with van der Waals surface area (Å²) in [5.74, 6) is 0.754. The van der Waals surface area contributed by atoms with Crippen molar-refractivity contribution in [2.24, 2.45) is 5.92 Å². The van der Waals surface area contributed by atoms with Crippen molar-refractivity contribution in [3.05, 3.63) is 29.3 Å². The summed E-state index contributed by atoms with van der Waals surface area (Å²) in [5.41, 5.74) is -0.398. The number of hydrogen-bond donors (Lipinski definition) is 1. The number of nitrogens with zero attached hydrogens (tertiary/aromatic N) is 2. The van der Waals surface area contributed by atoms with Gasteiger partial charge in [0.1, 0.15) is 0 Å². The maximum absolute atomic E-state index is 12.9. The Morgan fingerprint density at radius 2 is 1.81 bits per heavy atom. The zero-order valence-electron chi connectivity index (χ0n) is 14.8. The molecular formula is C18H24ClN3O3S. The lowest BCUT2D eigenvalue weighted by molar-refractivity contribution is -0.133. The summed E-state index contributed by atoms with van der Waals surface area (Å²) >= 11 is 5.87. The number of hydrogen-bond acceptors (Lipinski definition) is 4. The fourth-order valence-electron chi connectivity index (χ4n) is 4.08. The highest BCUT2D eigenvalue weighted by atomic mass is 35.5. The number of rotatable bonds is 4. The number of sulfonamides is 1. The number of nitrogens with one attached hydrogen (secondary N) is 1. The highest BCUT2D eigenvalue weighted by Gasteiger charge is 2.52. The molecule has 0 bridgehead atoms. The van der Waals surface area contributed by atoms with Gasteiger partial charge < -0.3 is 4.90 Å². The van der Waals surface area contributed by atoms with E-state index in [9.17, 15) is 13.2 Å². The molecule has 6 nitrogen and oxygen atoms in total. The van der Waals surface area contributed by atoms with E-state index in [1.165, 1.54) is 17.1 Å². The summed E-state index contributed by atoms with van der Waals surface area (Å²) in [6.45, 7) is 3.49. The molecule has 1 aromatic carbocycles. The van der Waals surface area contributed by atoms with Crippen molar-refractivity contribution in [3.8, 4) is 0 Å². The first-order chi connectivity index (χ1) is 12.3. The lowest BCUT2D eigenvalue weighted by Crippen LogP contribution is -2.59. The fourth-order valence-corrected chi connectivity index (χ4v) is 5.64. The molecular weight excluding hydrogens is 374 g/mol. The van der Waals surface area contributed by atoms with Gasteiger partial charge in [-0.3, -0.25) is 10.1 Å². The Morgan fingerprint density at radius 3 is 2.38 bits per heavy atom. The Hall–Kier alpha value is -1.15. The van der Waals surface area contributed by atoms with Crippen molar-refractivity contribution in [2.45, 2.75) is 49.2 Å². The van der Waals surface area contributed by atoms with Gasteiger partial charge in [0.15, 0.2) is 0 Å². The highest BCUT2D eigenvalue weighted by molar-refractivity contribution is 7.89. The number of piperidine rings is 1. The Morgan fingerprint density at radius 1 is 1.19 bits per heavy atom. The predicted molar refractivity (Wildman–Crippen MR) is 99.2 cm³/mol. The van der Waals surface area contributed by atoms with Crippen LogP contribution in [0, 0.1) is 5.92 Å². The second kappa shape index (κ2) is 6.48. The first-order valence-corrected chi connectivity index (χ1v) is 11.0.